The van der Waals surface area contributed by atoms with Crippen molar-refractivity contribution in [1.82, 2.24) is 0 Å². The summed E-state index contributed by atoms with van der Waals surface area (Å²) in [6.07, 6.45) is 0. The van der Waals surface area contributed by atoms with E-state index in [1.807, 2.05) is 24.3 Å². The van der Waals surface area contributed by atoms with Crippen LogP contribution in [-0.4, -0.2) is 0 Å². The number of nitrogens with zero attached hydrogens (tertiary/aromatic N) is 2. The molecule has 24 heavy (non-hydrogen) atoms. The van der Waals surface area contributed by atoms with Gasteiger partial charge in [-0.2, -0.15) is 10.2 Å². The van der Waals surface area contributed by atoms with Crippen LogP contribution in [0.3, 0.4) is 0 Å². The van der Waals surface area contributed by atoms with E-state index >= 15 is 0 Å². The van der Waals surface area contributed by atoms with E-state index < -0.39 is 0 Å². The lowest BCUT2D eigenvalue weighted by Crippen LogP contribution is -1.72. The predicted octanol–water partition coefficient (Wildman–Crippen LogP) is 7.56. The second-order valence-corrected chi connectivity index (χ2v) is 7.14. The Balaban J connectivity index is 1.48. The van der Waals surface area contributed by atoms with E-state index in [2.05, 4.69) is 69.5 Å². The molecule has 4 heteroatoms. The van der Waals surface area contributed by atoms with E-state index in [0.717, 1.165) is 11.4 Å². The Morgan fingerprint density at radius 3 is 1.25 bits per heavy atom. The lowest BCUT2D eigenvalue weighted by molar-refractivity contribution is 1.23. The van der Waals surface area contributed by atoms with E-state index in [-0.39, 0.29) is 0 Å². The molecule has 0 unspecified atom stereocenters. The molecule has 0 saturated carbocycles. The van der Waals surface area contributed by atoms with Crippen molar-refractivity contribution < 1.29 is 0 Å². The van der Waals surface area contributed by atoms with Gasteiger partial charge in [-0.25, -0.2) is 0 Å². The minimum Gasteiger partial charge on any atom is -0.151 e. The van der Waals surface area contributed by atoms with Gasteiger partial charge in [0.05, 0.1) is 11.4 Å². The van der Waals surface area contributed by atoms with Gasteiger partial charge in [0.15, 0.2) is 0 Å². The van der Waals surface area contributed by atoms with Crippen molar-refractivity contribution in [2.24, 2.45) is 10.2 Å². The van der Waals surface area contributed by atoms with Gasteiger partial charge in [0.1, 0.15) is 0 Å². The van der Waals surface area contributed by atoms with Crippen LogP contribution in [0.5, 0.6) is 0 Å². The Hall–Kier alpha value is -2.56. The Kier molecular flexibility index (Phi) is 4.32. The van der Waals surface area contributed by atoms with Crippen molar-refractivity contribution in [2.75, 3.05) is 0 Å². The summed E-state index contributed by atoms with van der Waals surface area (Å²) in [6.45, 7) is 0. The molecule has 0 aliphatic heterocycles. The Bertz CT molecular complexity index is 841. The summed E-state index contributed by atoms with van der Waals surface area (Å²) in [7, 11) is 0. The maximum atomic E-state index is 4.32. The van der Waals surface area contributed by atoms with E-state index in [4.69, 9.17) is 0 Å². The van der Waals surface area contributed by atoms with Crippen molar-refractivity contribution in [2.45, 2.75) is 0 Å². The zero-order valence-electron chi connectivity index (χ0n) is 12.8. The molecule has 2 aromatic carbocycles. The lowest BCUT2D eigenvalue weighted by atomic mass is 10.2. The molecular weight excluding hydrogens is 332 g/mol. The van der Waals surface area contributed by atoms with Gasteiger partial charge in [0.2, 0.25) is 0 Å². The molecule has 0 N–H and O–H groups in total. The quantitative estimate of drug-likeness (QED) is 0.341. The molecule has 0 saturated heterocycles. The first kappa shape index (κ1) is 15.0. The fraction of sp³-hybridized carbons (Fsp3) is 0. The number of hydrogen-bond donors (Lipinski definition) is 0. The fourth-order valence-electron chi connectivity index (χ4n) is 2.39. The molecule has 4 aromatic rings. The molecule has 2 aromatic heterocycles. The standard InChI is InChI=1S/C20H14N2S2/c1-3-19(23-13-1)15-5-9-17(10-6-15)21-22-18-11-7-16(8-12-18)20-4-2-14-24-20/h1-14H/b22-21+. The Labute approximate surface area is 148 Å². The summed E-state index contributed by atoms with van der Waals surface area (Å²) in [5.74, 6) is 0. The van der Waals surface area contributed by atoms with Crippen LogP contribution in [0, 0.1) is 0 Å². The summed E-state index contributed by atoms with van der Waals surface area (Å²) in [6, 6.07) is 24.7. The van der Waals surface area contributed by atoms with Gasteiger partial charge in [-0.15, -0.1) is 22.7 Å². The molecule has 2 nitrogen and oxygen atoms in total. The smallest absolute Gasteiger partial charge is 0.0857 e. The highest BCUT2D eigenvalue weighted by atomic mass is 32.1. The first-order valence-corrected chi connectivity index (χ1v) is 9.34. The molecule has 0 atom stereocenters. The number of azo groups is 1. The molecule has 0 spiro atoms. The van der Waals surface area contributed by atoms with E-state index in [1.165, 1.54) is 20.9 Å². The molecule has 4 rings (SSSR count). The van der Waals surface area contributed by atoms with Crippen molar-refractivity contribution in [3.05, 3.63) is 83.6 Å². The number of thiophene rings is 2. The SMILES string of the molecule is c1csc(-c2ccc(/N=N/c3ccc(-c4cccs4)cc3)cc2)c1. The molecule has 0 aliphatic carbocycles. The third kappa shape index (κ3) is 3.35. The van der Waals surface area contributed by atoms with Gasteiger partial charge < -0.3 is 0 Å². The summed E-state index contributed by atoms with van der Waals surface area (Å²) >= 11 is 3.48. The monoisotopic (exact) mass is 346 g/mol. The molecule has 116 valence electrons. The van der Waals surface area contributed by atoms with Crippen LogP contribution in [-0.2, 0) is 0 Å². The summed E-state index contributed by atoms with van der Waals surface area (Å²) in [4.78, 5) is 2.53. The van der Waals surface area contributed by atoms with Crippen LogP contribution in [0.2, 0.25) is 0 Å². The number of rotatable bonds is 4. The van der Waals surface area contributed by atoms with Crippen molar-refractivity contribution >= 4 is 34.0 Å². The van der Waals surface area contributed by atoms with Crippen LogP contribution in [0.1, 0.15) is 0 Å². The van der Waals surface area contributed by atoms with Gasteiger partial charge in [0.25, 0.3) is 0 Å². The van der Waals surface area contributed by atoms with Gasteiger partial charge in [-0.05, 0) is 58.3 Å². The highest BCUT2D eigenvalue weighted by Gasteiger charge is 2.00. The second-order valence-electron chi connectivity index (χ2n) is 5.25. The van der Waals surface area contributed by atoms with Crippen LogP contribution in [0.4, 0.5) is 11.4 Å². The average molecular weight is 346 g/mol. The van der Waals surface area contributed by atoms with Crippen molar-refractivity contribution in [3.8, 4) is 20.9 Å². The van der Waals surface area contributed by atoms with Crippen molar-refractivity contribution in [1.29, 1.82) is 0 Å². The largest absolute Gasteiger partial charge is 0.151 e. The minimum atomic E-state index is 0.859. The van der Waals surface area contributed by atoms with Crippen LogP contribution in [0.15, 0.2) is 93.8 Å². The zero-order chi connectivity index (χ0) is 16.2. The van der Waals surface area contributed by atoms with Crippen LogP contribution < -0.4 is 0 Å². The molecule has 0 fully saturated rings. The van der Waals surface area contributed by atoms with Crippen molar-refractivity contribution in [3.63, 3.8) is 0 Å². The third-order valence-corrected chi connectivity index (χ3v) is 5.46. The highest BCUT2D eigenvalue weighted by Crippen LogP contribution is 2.29. The lowest BCUT2D eigenvalue weighted by Gasteiger charge is -1.99. The van der Waals surface area contributed by atoms with E-state index in [9.17, 15) is 0 Å². The summed E-state index contributed by atoms with van der Waals surface area (Å²) < 4.78 is 0. The summed E-state index contributed by atoms with van der Waals surface area (Å²) in [5.41, 5.74) is 4.14. The topological polar surface area (TPSA) is 24.7 Å². The molecule has 0 amide bonds. The van der Waals surface area contributed by atoms with Gasteiger partial charge in [-0.3, -0.25) is 0 Å². The number of hydrogen-bond acceptors (Lipinski definition) is 4. The van der Waals surface area contributed by atoms with Gasteiger partial charge in [0, 0.05) is 9.75 Å². The number of benzene rings is 2. The maximum absolute atomic E-state index is 4.32. The normalized spacial score (nSPS) is 11.2. The second kappa shape index (κ2) is 6.91. The fourth-order valence-corrected chi connectivity index (χ4v) is 3.85. The third-order valence-electron chi connectivity index (χ3n) is 3.63. The Morgan fingerprint density at radius 2 is 0.917 bits per heavy atom. The van der Waals surface area contributed by atoms with Gasteiger partial charge >= 0.3 is 0 Å². The van der Waals surface area contributed by atoms with E-state index in [0.29, 0.717) is 0 Å². The minimum absolute atomic E-state index is 0.859. The first-order valence-electron chi connectivity index (χ1n) is 7.58. The average Bonchev–Trinajstić information content (AvgIpc) is 3.34. The molecule has 2 heterocycles. The zero-order valence-corrected chi connectivity index (χ0v) is 14.4. The van der Waals surface area contributed by atoms with Crippen LogP contribution in [0.25, 0.3) is 20.9 Å². The predicted molar refractivity (Wildman–Crippen MR) is 104 cm³/mol. The highest BCUT2D eigenvalue weighted by molar-refractivity contribution is 7.13. The molecule has 0 aliphatic rings. The maximum Gasteiger partial charge on any atom is 0.0857 e. The van der Waals surface area contributed by atoms with Crippen LogP contribution >= 0.6 is 22.7 Å². The first-order chi connectivity index (χ1) is 11.9. The molecular formula is C20H14N2S2. The molecule has 0 bridgehead atoms. The van der Waals surface area contributed by atoms with Gasteiger partial charge in [-0.1, -0.05) is 36.4 Å². The van der Waals surface area contributed by atoms with E-state index in [1.54, 1.807) is 22.7 Å². The Morgan fingerprint density at radius 1 is 0.500 bits per heavy atom. The summed E-state index contributed by atoms with van der Waals surface area (Å²) in [5, 5.41) is 12.8. The molecule has 0 radical (unpaired) electrons.